The third-order valence-corrected chi connectivity index (χ3v) is 2.78. The summed E-state index contributed by atoms with van der Waals surface area (Å²) in [4.78, 5) is 7.74. The Bertz CT molecular complexity index is 334. The molecule has 1 aromatic heterocycles. The van der Waals surface area contributed by atoms with Gasteiger partial charge in [0.25, 0.3) is 0 Å². The highest BCUT2D eigenvalue weighted by Gasteiger charge is 2.07. The van der Waals surface area contributed by atoms with Gasteiger partial charge in [0.1, 0.15) is 17.2 Å². The van der Waals surface area contributed by atoms with Gasteiger partial charge in [-0.2, -0.15) is 0 Å². The van der Waals surface area contributed by atoms with Crippen LogP contribution in [0, 0.1) is 0 Å². The molecule has 6 heteroatoms. The normalized spacial score (nSPS) is 14.8. The van der Waals surface area contributed by atoms with Crippen molar-refractivity contribution in [3.05, 3.63) is 17.5 Å². The number of aromatic nitrogens is 2. The molecule has 1 rings (SSSR count). The van der Waals surface area contributed by atoms with Crippen molar-refractivity contribution in [1.82, 2.24) is 9.97 Å². The maximum absolute atomic E-state index is 10.9. The fourth-order valence-electron chi connectivity index (χ4n) is 1.05. The van der Waals surface area contributed by atoms with Crippen LogP contribution >= 0.6 is 11.6 Å². The van der Waals surface area contributed by atoms with Crippen molar-refractivity contribution in [3.63, 3.8) is 0 Å². The van der Waals surface area contributed by atoms with E-state index in [1.54, 1.807) is 6.26 Å². The molecule has 0 radical (unpaired) electrons. The van der Waals surface area contributed by atoms with Crippen molar-refractivity contribution < 1.29 is 4.21 Å². The van der Waals surface area contributed by atoms with Crippen molar-refractivity contribution in [2.24, 2.45) is 0 Å². The average Bonchev–Trinajstić information content (AvgIpc) is 2.07. The lowest BCUT2D eigenvalue weighted by atomic mass is 10.4. The number of hydrogen-bond donors (Lipinski definition) is 1. The minimum absolute atomic E-state index is 0.0771. The molecule has 78 valence electrons. The van der Waals surface area contributed by atoms with E-state index in [0.717, 1.165) is 0 Å². The van der Waals surface area contributed by atoms with Crippen LogP contribution in [0.1, 0.15) is 6.92 Å². The predicted octanol–water partition coefficient (Wildman–Crippen LogP) is 1.31. The van der Waals surface area contributed by atoms with E-state index in [1.807, 2.05) is 6.92 Å². The number of anilines is 1. The highest BCUT2D eigenvalue weighted by atomic mass is 35.5. The Kier molecular flexibility index (Phi) is 4.28. The Labute approximate surface area is 90.6 Å². The van der Waals surface area contributed by atoms with Gasteiger partial charge in [0.05, 0.1) is 6.20 Å². The molecule has 4 nitrogen and oxygen atoms in total. The van der Waals surface area contributed by atoms with Gasteiger partial charge in [-0.1, -0.05) is 11.6 Å². The number of rotatable bonds is 4. The summed E-state index contributed by atoms with van der Waals surface area (Å²) in [5.74, 6) is 1.15. The summed E-state index contributed by atoms with van der Waals surface area (Å²) in [5.41, 5.74) is 0. The molecule has 0 saturated carbocycles. The lowest BCUT2D eigenvalue weighted by molar-refractivity contribution is 0.683. The maximum atomic E-state index is 10.9. The summed E-state index contributed by atoms with van der Waals surface area (Å²) in [6.07, 6.45) is 4.61. The van der Waals surface area contributed by atoms with Gasteiger partial charge in [0.15, 0.2) is 0 Å². The molecule has 0 saturated heterocycles. The number of halogens is 1. The molecule has 1 aromatic rings. The third kappa shape index (κ3) is 3.59. The van der Waals surface area contributed by atoms with Crippen molar-refractivity contribution in [3.8, 4) is 0 Å². The number of nitrogens with zero attached hydrogens (tertiary/aromatic N) is 2. The molecule has 0 aliphatic rings. The molecule has 0 spiro atoms. The van der Waals surface area contributed by atoms with Gasteiger partial charge in [-0.3, -0.25) is 4.21 Å². The fourth-order valence-corrected chi connectivity index (χ4v) is 1.99. The minimum Gasteiger partial charge on any atom is -0.365 e. The molecular formula is C8H12ClN3OS. The van der Waals surface area contributed by atoms with E-state index in [1.165, 1.54) is 12.5 Å². The number of nitrogens with one attached hydrogen (secondary N) is 1. The van der Waals surface area contributed by atoms with Crippen LogP contribution in [0.25, 0.3) is 0 Å². The van der Waals surface area contributed by atoms with Crippen molar-refractivity contribution in [2.75, 3.05) is 17.3 Å². The van der Waals surface area contributed by atoms with Crippen LogP contribution in [0.5, 0.6) is 0 Å². The van der Waals surface area contributed by atoms with Gasteiger partial charge in [0.2, 0.25) is 0 Å². The van der Waals surface area contributed by atoms with Gasteiger partial charge in [-0.15, -0.1) is 0 Å². The van der Waals surface area contributed by atoms with Gasteiger partial charge in [0, 0.05) is 28.9 Å². The summed E-state index contributed by atoms with van der Waals surface area (Å²) in [6, 6.07) is 0.0771. The molecule has 0 amide bonds. The molecule has 2 unspecified atom stereocenters. The monoisotopic (exact) mass is 233 g/mol. The Hall–Kier alpha value is -0.680. The highest BCUT2D eigenvalue weighted by molar-refractivity contribution is 7.84. The number of hydrogen-bond acceptors (Lipinski definition) is 4. The van der Waals surface area contributed by atoms with Crippen LogP contribution in [0.2, 0.25) is 5.02 Å². The molecule has 14 heavy (non-hydrogen) atoms. The average molecular weight is 234 g/mol. The van der Waals surface area contributed by atoms with Gasteiger partial charge >= 0.3 is 0 Å². The summed E-state index contributed by atoms with van der Waals surface area (Å²) >= 11 is 5.84. The smallest absolute Gasteiger partial charge is 0.148 e. The predicted molar refractivity (Wildman–Crippen MR) is 59.1 cm³/mol. The Morgan fingerprint density at radius 2 is 2.43 bits per heavy atom. The molecule has 0 aromatic carbocycles. The zero-order valence-electron chi connectivity index (χ0n) is 8.03. The molecule has 0 aliphatic carbocycles. The van der Waals surface area contributed by atoms with Crippen LogP contribution in [0.15, 0.2) is 12.5 Å². The van der Waals surface area contributed by atoms with Crippen molar-refractivity contribution in [1.29, 1.82) is 0 Å². The summed E-state index contributed by atoms with van der Waals surface area (Å²) in [7, 11) is -0.825. The lowest BCUT2D eigenvalue weighted by Crippen LogP contribution is -2.23. The zero-order chi connectivity index (χ0) is 10.6. The highest BCUT2D eigenvalue weighted by Crippen LogP contribution is 2.16. The van der Waals surface area contributed by atoms with Crippen molar-refractivity contribution >= 4 is 28.2 Å². The van der Waals surface area contributed by atoms with E-state index in [0.29, 0.717) is 16.6 Å². The zero-order valence-corrected chi connectivity index (χ0v) is 9.60. The Balaban J connectivity index is 2.60. The van der Waals surface area contributed by atoms with Gasteiger partial charge in [-0.25, -0.2) is 9.97 Å². The van der Waals surface area contributed by atoms with E-state index in [-0.39, 0.29) is 6.04 Å². The lowest BCUT2D eigenvalue weighted by Gasteiger charge is -2.13. The first-order valence-electron chi connectivity index (χ1n) is 4.11. The largest absolute Gasteiger partial charge is 0.365 e. The Morgan fingerprint density at radius 1 is 1.71 bits per heavy atom. The van der Waals surface area contributed by atoms with Gasteiger partial charge in [-0.05, 0) is 6.92 Å². The van der Waals surface area contributed by atoms with E-state index in [9.17, 15) is 4.21 Å². The molecule has 1 N–H and O–H groups in total. The van der Waals surface area contributed by atoms with E-state index < -0.39 is 10.8 Å². The molecule has 0 aliphatic heterocycles. The summed E-state index contributed by atoms with van der Waals surface area (Å²) < 4.78 is 10.9. The summed E-state index contributed by atoms with van der Waals surface area (Å²) in [5, 5.41) is 3.54. The molecule has 1 heterocycles. The Morgan fingerprint density at radius 3 is 3.00 bits per heavy atom. The van der Waals surface area contributed by atoms with E-state index >= 15 is 0 Å². The first-order valence-corrected chi connectivity index (χ1v) is 6.22. The van der Waals surface area contributed by atoms with Crippen LogP contribution in [-0.4, -0.2) is 32.2 Å². The first kappa shape index (κ1) is 11.4. The van der Waals surface area contributed by atoms with E-state index in [2.05, 4.69) is 15.3 Å². The third-order valence-electron chi connectivity index (χ3n) is 1.54. The van der Waals surface area contributed by atoms with Crippen molar-refractivity contribution in [2.45, 2.75) is 13.0 Å². The molecule has 0 fully saturated rings. The fraction of sp³-hybridized carbons (Fsp3) is 0.500. The van der Waals surface area contributed by atoms with Crippen LogP contribution in [-0.2, 0) is 10.8 Å². The first-order chi connectivity index (χ1) is 6.59. The van der Waals surface area contributed by atoms with Crippen LogP contribution in [0.3, 0.4) is 0 Å². The molecule has 2 atom stereocenters. The molecule has 0 bridgehead atoms. The van der Waals surface area contributed by atoms with Crippen LogP contribution in [0.4, 0.5) is 5.82 Å². The second-order valence-corrected chi connectivity index (χ2v) is 4.89. The van der Waals surface area contributed by atoms with E-state index in [4.69, 9.17) is 11.6 Å². The topological polar surface area (TPSA) is 54.9 Å². The van der Waals surface area contributed by atoms with Crippen LogP contribution < -0.4 is 5.32 Å². The second-order valence-electron chi connectivity index (χ2n) is 3.00. The second kappa shape index (κ2) is 5.26. The van der Waals surface area contributed by atoms with Gasteiger partial charge < -0.3 is 5.32 Å². The minimum atomic E-state index is -0.825. The standard InChI is InChI=1S/C8H12ClN3OS/c1-6(4-14(2)13)12-8-7(9)3-10-5-11-8/h3,5-6H,4H2,1-2H3,(H,10,11,12). The SMILES string of the molecule is CC(CS(C)=O)Nc1ncncc1Cl. The quantitative estimate of drug-likeness (QED) is 0.852. The summed E-state index contributed by atoms with van der Waals surface area (Å²) in [6.45, 7) is 1.93. The molecular weight excluding hydrogens is 222 g/mol. The maximum Gasteiger partial charge on any atom is 0.148 e.